The molecular weight excluding hydrogens is 434 g/mol. The summed E-state index contributed by atoms with van der Waals surface area (Å²) < 4.78 is 9.94. The molecule has 3 aliphatic carbocycles. The maximum absolute atomic E-state index is 12.3. The van der Waals surface area contributed by atoms with Crippen molar-refractivity contribution in [1.29, 1.82) is 0 Å². The number of nitrogens with two attached hydrogens (primary N) is 1. The number of aryl methyl sites for hydroxylation is 1. The Labute approximate surface area is 203 Å². The van der Waals surface area contributed by atoms with Gasteiger partial charge in [-0.3, -0.25) is 0 Å². The Morgan fingerprint density at radius 2 is 1.79 bits per heavy atom. The Hall–Kier alpha value is -2.12. The zero-order valence-corrected chi connectivity index (χ0v) is 21.4. The predicted octanol–water partition coefficient (Wildman–Crippen LogP) is 4.59. The Morgan fingerprint density at radius 1 is 1.12 bits per heavy atom. The fourth-order valence-electron chi connectivity index (χ4n) is 7.91. The van der Waals surface area contributed by atoms with Gasteiger partial charge in [-0.1, -0.05) is 34.1 Å². The van der Waals surface area contributed by atoms with E-state index in [2.05, 4.69) is 39.4 Å². The molecule has 0 heterocycles. The number of carboxylic acid groups (broad SMARTS) is 1. The van der Waals surface area contributed by atoms with Crippen molar-refractivity contribution in [2.45, 2.75) is 84.6 Å². The number of aliphatic hydroxyl groups excluding tert-OH is 1. The van der Waals surface area contributed by atoms with Gasteiger partial charge in [0.2, 0.25) is 0 Å². The van der Waals surface area contributed by atoms with Crippen LogP contribution in [0.4, 0.5) is 4.79 Å². The molecule has 0 radical (unpaired) electrons. The van der Waals surface area contributed by atoms with Gasteiger partial charge in [0.1, 0.15) is 18.4 Å². The van der Waals surface area contributed by atoms with Gasteiger partial charge in [-0.05, 0) is 95.9 Å². The lowest BCUT2D eigenvalue weighted by Crippen LogP contribution is -2.55. The number of hydrogen-bond acceptors (Lipinski definition) is 6. The van der Waals surface area contributed by atoms with Crippen LogP contribution in [0.3, 0.4) is 0 Å². The largest absolute Gasteiger partial charge is 0.505 e. The number of fused-ring (bicyclic) bond motifs is 5. The number of aliphatic hydroxyl groups is 1. The lowest BCUT2D eigenvalue weighted by molar-refractivity contribution is -0.136. The minimum absolute atomic E-state index is 0.145. The van der Waals surface area contributed by atoms with Crippen molar-refractivity contribution < 1.29 is 29.3 Å². The Kier molecular flexibility index (Phi) is 7.40. The first kappa shape index (κ1) is 26.5. The van der Waals surface area contributed by atoms with Crippen molar-refractivity contribution in [1.82, 2.24) is 0 Å². The van der Waals surface area contributed by atoms with Crippen molar-refractivity contribution in [3.05, 3.63) is 28.8 Å². The molecule has 2 fully saturated rings. The highest BCUT2D eigenvalue weighted by atomic mass is 16.7. The summed E-state index contributed by atoms with van der Waals surface area (Å²) in [5.74, 6) is 1.11. The third kappa shape index (κ3) is 4.44. The average Bonchev–Trinajstić information content (AvgIpc) is 3.06. The standard InChI is InChI=1S/C26H37NO5.CH4O/c1-15-11-17(32-22(28)18(27)14-31-23(29)30)12-16-13-20-25(4)9-6-8-24(2,3)19(25)7-10-26(20,5)21(15)16;1-2/h11-12,18-20H,6-10,13-14,27H2,1-5H3,(H,29,30);2H,1H3/t18?,19?,20-,25+,26?;/m1./s1. The SMILES string of the molecule is CO.Cc1cc(OC(=O)C(N)COC(=O)O)cc2c1C1(C)CCC3C(C)(C)CCC[C@]3(C)[C@H]1C2. The van der Waals surface area contributed by atoms with Gasteiger partial charge in [-0.15, -0.1) is 0 Å². The first-order valence-electron chi connectivity index (χ1n) is 12.3. The van der Waals surface area contributed by atoms with Gasteiger partial charge < -0.3 is 25.4 Å². The van der Waals surface area contributed by atoms with E-state index >= 15 is 0 Å². The maximum Gasteiger partial charge on any atom is 0.505 e. The van der Waals surface area contributed by atoms with Crippen molar-refractivity contribution in [3.8, 4) is 5.75 Å². The fourth-order valence-corrected chi connectivity index (χ4v) is 7.91. The van der Waals surface area contributed by atoms with Gasteiger partial charge in [0.05, 0.1) is 0 Å². The molecule has 190 valence electrons. The molecule has 1 aromatic rings. The van der Waals surface area contributed by atoms with Gasteiger partial charge in [-0.25, -0.2) is 9.59 Å². The van der Waals surface area contributed by atoms with Crippen LogP contribution < -0.4 is 10.5 Å². The smallest absolute Gasteiger partial charge is 0.450 e. The summed E-state index contributed by atoms with van der Waals surface area (Å²) in [6, 6.07) is 2.78. The summed E-state index contributed by atoms with van der Waals surface area (Å²) >= 11 is 0. The van der Waals surface area contributed by atoms with Crippen LogP contribution in [0.2, 0.25) is 0 Å². The van der Waals surface area contributed by atoms with Gasteiger partial charge in [0.25, 0.3) is 0 Å². The molecule has 0 amide bonds. The molecule has 4 rings (SSSR count). The van der Waals surface area contributed by atoms with Crippen LogP contribution >= 0.6 is 0 Å². The Bertz CT molecular complexity index is 943. The van der Waals surface area contributed by atoms with Crippen LogP contribution in [0.1, 0.15) is 76.5 Å². The predicted molar refractivity (Wildman–Crippen MR) is 130 cm³/mol. The topological polar surface area (TPSA) is 119 Å². The molecule has 34 heavy (non-hydrogen) atoms. The Morgan fingerprint density at radius 3 is 2.44 bits per heavy atom. The zero-order valence-electron chi connectivity index (χ0n) is 21.4. The van der Waals surface area contributed by atoms with Gasteiger partial charge in [0, 0.05) is 7.11 Å². The molecule has 5 atom stereocenters. The molecule has 0 saturated heterocycles. The molecule has 7 heteroatoms. The molecule has 1 aromatic carbocycles. The quantitative estimate of drug-likeness (QED) is 0.430. The van der Waals surface area contributed by atoms with Crippen LogP contribution in [0, 0.1) is 29.6 Å². The van der Waals surface area contributed by atoms with Crippen LogP contribution in [0.5, 0.6) is 5.75 Å². The molecule has 3 aliphatic rings. The molecule has 0 spiro atoms. The van der Waals surface area contributed by atoms with Gasteiger partial charge in [-0.2, -0.15) is 0 Å². The number of rotatable bonds is 4. The van der Waals surface area contributed by atoms with Crippen LogP contribution in [0.15, 0.2) is 12.1 Å². The van der Waals surface area contributed by atoms with Crippen molar-refractivity contribution in [2.24, 2.45) is 28.4 Å². The van der Waals surface area contributed by atoms with Crippen molar-refractivity contribution >= 4 is 12.1 Å². The normalized spacial score (nSPS) is 31.6. The average molecular weight is 476 g/mol. The Balaban J connectivity index is 0.00000158. The third-order valence-electron chi connectivity index (χ3n) is 9.09. The summed E-state index contributed by atoms with van der Waals surface area (Å²) in [7, 11) is 1.00. The van der Waals surface area contributed by atoms with E-state index in [1.54, 1.807) is 0 Å². The second-order valence-electron chi connectivity index (χ2n) is 11.5. The number of benzene rings is 1. The van der Waals surface area contributed by atoms with Crippen LogP contribution in [-0.2, 0) is 21.4 Å². The van der Waals surface area contributed by atoms with E-state index < -0.39 is 24.8 Å². The number of hydrogen-bond donors (Lipinski definition) is 3. The highest BCUT2D eigenvalue weighted by Gasteiger charge is 2.61. The molecule has 0 aromatic heterocycles. The highest BCUT2D eigenvalue weighted by Crippen LogP contribution is 2.67. The van der Waals surface area contributed by atoms with E-state index in [-0.39, 0.29) is 5.41 Å². The van der Waals surface area contributed by atoms with Gasteiger partial charge in [0.15, 0.2) is 0 Å². The van der Waals surface area contributed by atoms with E-state index in [4.69, 9.17) is 20.7 Å². The molecule has 7 nitrogen and oxygen atoms in total. The van der Waals surface area contributed by atoms with Crippen molar-refractivity contribution in [3.63, 3.8) is 0 Å². The lowest BCUT2D eigenvalue weighted by atomic mass is 9.43. The number of esters is 1. The molecule has 3 unspecified atom stereocenters. The molecule has 0 bridgehead atoms. The second kappa shape index (κ2) is 9.50. The first-order valence-corrected chi connectivity index (χ1v) is 12.3. The monoisotopic (exact) mass is 475 g/mol. The summed E-state index contributed by atoms with van der Waals surface area (Å²) in [5.41, 5.74) is 10.4. The number of carbonyl (C=O) groups is 2. The summed E-state index contributed by atoms with van der Waals surface area (Å²) in [6.07, 6.45) is 5.91. The van der Waals surface area contributed by atoms with E-state index in [0.717, 1.165) is 25.0 Å². The number of carbonyl (C=O) groups excluding carboxylic acids is 1. The van der Waals surface area contributed by atoms with E-state index in [0.29, 0.717) is 22.5 Å². The molecule has 0 aliphatic heterocycles. The molecule has 4 N–H and O–H groups in total. The number of ether oxygens (including phenoxy) is 2. The summed E-state index contributed by atoms with van der Waals surface area (Å²) in [4.78, 5) is 22.9. The molecular formula is C27H41NO6. The zero-order chi connectivity index (χ0) is 25.5. The van der Waals surface area contributed by atoms with E-state index in [1.165, 1.54) is 43.2 Å². The van der Waals surface area contributed by atoms with E-state index in [1.807, 2.05) is 12.1 Å². The van der Waals surface area contributed by atoms with Crippen LogP contribution in [0.25, 0.3) is 0 Å². The molecule has 2 saturated carbocycles. The van der Waals surface area contributed by atoms with Gasteiger partial charge >= 0.3 is 12.1 Å². The van der Waals surface area contributed by atoms with Crippen molar-refractivity contribution in [2.75, 3.05) is 13.7 Å². The lowest BCUT2D eigenvalue weighted by Gasteiger charge is -2.61. The third-order valence-corrected chi connectivity index (χ3v) is 9.09. The maximum atomic E-state index is 12.3. The minimum Gasteiger partial charge on any atom is -0.450 e. The summed E-state index contributed by atoms with van der Waals surface area (Å²) in [6.45, 7) is 11.6. The second-order valence-corrected chi connectivity index (χ2v) is 11.5. The highest BCUT2D eigenvalue weighted by molar-refractivity contribution is 5.78. The summed E-state index contributed by atoms with van der Waals surface area (Å²) in [5, 5.41) is 15.6. The van der Waals surface area contributed by atoms with Crippen LogP contribution in [-0.4, -0.2) is 42.1 Å². The van der Waals surface area contributed by atoms with E-state index in [9.17, 15) is 9.59 Å². The minimum atomic E-state index is -1.46. The first-order chi connectivity index (χ1) is 15.9. The fraction of sp³-hybridized carbons (Fsp3) is 0.704.